The number of ether oxygens (including phenoxy) is 2. The van der Waals surface area contributed by atoms with Gasteiger partial charge in [0.2, 0.25) is 5.91 Å². The van der Waals surface area contributed by atoms with Crippen molar-refractivity contribution in [2.45, 2.75) is 0 Å². The van der Waals surface area contributed by atoms with E-state index in [0.717, 1.165) is 10.4 Å². The third-order valence-corrected chi connectivity index (χ3v) is 5.43. The second kappa shape index (κ2) is 9.93. The summed E-state index contributed by atoms with van der Waals surface area (Å²) in [7, 11) is 1.58. The molecule has 6 nitrogen and oxygen atoms in total. The summed E-state index contributed by atoms with van der Waals surface area (Å²) in [5.41, 5.74) is 0.840. The van der Waals surface area contributed by atoms with E-state index in [4.69, 9.17) is 9.47 Å². The first-order chi connectivity index (χ1) is 14.1. The van der Waals surface area contributed by atoms with Gasteiger partial charge in [-0.1, -0.05) is 24.8 Å². The van der Waals surface area contributed by atoms with Crippen LogP contribution in [0, 0.1) is 0 Å². The van der Waals surface area contributed by atoms with Gasteiger partial charge in [0, 0.05) is 32.3 Å². The number of nitrogens with zero attached hydrogens (tertiary/aromatic N) is 2. The molecule has 0 spiro atoms. The Morgan fingerprint density at radius 2 is 1.90 bits per heavy atom. The minimum atomic E-state index is -0.0702. The maximum absolute atomic E-state index is 12.5. The molecular formula is C22H24N2O4S. The Hall–Kier alpha value is -3.06. The van der Waals surface area contributed by atoms with Crippen LogP contribution < -0.4 is 9.47 Å². The molecule has 0 radical (unpaired) electrons. The summed E-state index contributed by atoms with van der Waals surface area (Å²) < 4.78 is 10.9. The third-order valence-electron chi connectivity index (χ3n) is 4.57. The number of piperazine rings is 1. The van der Waals surface area contributed by atoms with Gasteiger partial charge in [0.15, 0.2) is 11.5 Å². The quantitative estimate of drug-likeness (QED) is 0.517. The predicted octanol–water partition coefficient (Wildman–Crippen LogP) is 3.32. The van der Waals surface area contributed by atoms with E-state index < -0.39 is 0 Å². The van der Waals surface area contributed by atoms with Gasteiger partial charge in [0.05, 0.1) is 12.0 Å². The van der Waals surface area contributed by atoms with Crippen molar-refractivity contribution < 1.29 is 19.1 Å². The zero-order valence-corrected chi connectivity index (χ0v) is 17.2. The lowest BCUT2D eigenvalue weighted by atomic mass is 10.2. The number of carbonyl (C=O) groups is 2. The molecule has 1 saturated heterocycles. The van der Waals surface area contributed by atoms with E-state index in [-0.39, 0.29) is 11.8 Å². The number of hydrogen-bond donors (Lipinski definition) is 0. The van der Waals surface area contributed by atoms with E-state index in [2.05, 4.69) is 6.58 Å². The molecule has 0 atom stereocenters. The second-order valence-electron chi connectivity index (χ2n) is 6.44. The molecule has 7 heteroatoms. The van der Waals surface area contributed by atoms with Gasteiger partial charge < -0.3 is 19.3 Å². The van der Waals surface area contributed by atoms with Crippen LogP contribution in [-0.2, 0) is 4.79 Å². The highest BCUT2D eigenvalue weighted by molar-refractivity contribution is 7.12. The number of carbonyl (C=O) groups excluding carboxylic acids is 2. The highest BCUT2D eigenvalue weighted by Crippen LogP contribution is 2.28. The Kier molecular flexibility index (Phi) is 7.08. The summed E-state index contributed by atoms with van der Waals surface area (Å²) >= 11 is 1.44. The molecular weight excluding hydrogens is 388 g/mol. The van der Waals surface area contributed by atoms with Crippen LogP contribution in [0.5, 0.6) is 11.5 Å². The fourth-order valence-corrected chi connectivity index (χ4v) is 3.71. The molecule has 1 aromatic carbocycles. The minimum absolute atomic E-state index is 0.0356. The SMILES string of the molecule is C=CCOc1ccc(/C=C/C(=O)N2CCN(C(=O)c3cccs3)CC2)cc1OC. The topological polar surface area (TPSA) is 59.1 Å². The third kappa shape index (κ3) is 5.26. The summed E-state index contributed by atoms with van der Waals surface area (Å²) in [6.45, 7) is 6.16. The Morgan fingerprint density at radius 3 is 2.55 bits per heavy atom. The number of thiophene rings is 1. The van der Waals surface area contributed by atoms with Crippen molar-refractivity contribution in [3.05, 3.63) is 64.9 Å². The average molecular weight is 413 g/mol. The smallest absolute Gasteiger partial charge is 0.264 e. The van der Waals surface area contributed by atoms with Crippen molar-refractivity contribution in [2.24, 2.45) is 0 Å². The van der Waals surface area contributed by atoms with Gasteiger partial charge in [0.25, 0.3) is 5.91 Å². The van der Waals surface area contributed by atoms with Crippen LogP contribution in [0.4, 0.5) is 0 Å². The van der Waals surface area contributed by atoms with Gasteiger partial charge in [-0.05, 0) is 35.2 Å². The zero-order valence-electron chi connectivity index (χ0n) is 16.4. The lowest BCUT2D eigenvalue weighted by Gasteiger charge is -2.34. The fraction of sp³-hybridized carbons (Fsp3) is 0.273. The largest absolute Gasteiger partial charge is 0.493 e. The summed E-state index contributed by atoms with van der Waals surface area (Å²) in [6.07, 6.45) is 4.97. The van der Waals surface area contributed by atoms with Crippen LogP contribution in [-0.4, -0.2) is 61.5 Å². The van der Waals surface area contributed by atoms with Crippen molar-refractivity contribution in [3.63, 3.8) is 0 Å². The Balaban J connectivity index is 1.56. The Morgan fingerprint density at radius 1 is 1.14 bits per heavy atom. The van der Waals surface area contributed by atoms with Crippen molar-refractivity contribution in [3.8, 4) is 11.5 Å². The van der Waals surface area contributed by atoms with Crippen molar-refractivity contribution in [2.75, 3.05) is 39.9 Å². The standard InChI is InChI=1S/C22H24N2O4S/c1-3-14-28-18-8-6-17(16-19(18)27-2)7-9-21(25)23-10-12-24(13-11-23)22(26)20-5-4-15-29-20/h3-9,15-16H,1,10-14H2,2H3/b9-7+. The van der Waals surface area contributed by atoms with Crippen LogP contribution in [0.1, 0.15) is 15.2 Å². The van der Waals surface area contributed by atoms with Gasteiger partial charge in [-0.25, -0.2) is 0 Å². The van der Waals surface area contributed by atoms with E-state index >= 15 is 0 Å². The van der Waals surface area contributed by atoms with Crippen LogP contribution in [0.3, 0.4) is 0 Å². The van der Waals surface area contributed by atoms with Crippen LogP contribution >= 0.6 is 11.3 Å². The van der Waals surface area contributed by atoms with E-state index in [1.54, 1.807) is 41.2 Å². The van der Waals surface area contributed by atoms with E-state index in [1.165, 1.54) is 11.3 Å². The maximum atomic E-state index is 12.5. The monoisotopic (exact) mass is 412 g/mol. The number of amides is 2. The van der Waals surface area contributed by atoms with Crippen molar-refractivity contribution in [1.29, 1.82) is 0 Å². The molecule has 29 heavy (non-hydrogen) atoms. The lowest BCUT2D eigenvalue weighted by Crippen LogP contribution is -2.50. The van der Waals surface area contributed by atoms with E-state index in [0.29, 0.717) is 44.3 Å². The molecule has 1 aliphatic heterocycles. The molecule has 1 aromatic heterocycles. The average Bonchev–Trinajstić information content (AvgIpc) is 3.30. The van der Waals surface area contributed by atoms with Crippen LogP contribution in [0.15, 0.2) is 54.4 Å². The van der Waals surface area contributed by atoms with E-state index in [9.17, 15) is 9.59 Å². The molecule has 1 fully saturated rings. The van der Waals surface area contributed by atoms with E-state index in [1.807, 2.05) is 29.6 Å². The Labute approximate surface area is 174 Å². The highest BCUT2D eigenvalue weighted by atomic mass is 32.1. The first kappa shape index (κ1) is 20.7. The van der Waals surface area contributed by atoms with Crippen molar-refractivity contribution in [1.82, 2.24) is 9.80 Å². The molecule has 3 rings (SSSR count). The van der Waals surface area contributed by atoms with Gasteiger partial charge in [-0.15, -0.1) is 11.3 Å². The summed E-state index contributed by atoms with van der Waals surface area (Å²) in [4.78, 5) is 29.2. The van der Waals surface area contributed by atoms with Crippen LogP contribution in [0.2, 0.25) is 0 Å². The molecule has 1 aliphatic rings. The van der Waals surface area contributed by atoms with Crippen LogP contribution in [0.25, 0.3) is 6.08 Å². The van der Waals surface area contributed by atoms with Gasteiger partial charge in [0.1, 0.15) is 6.61 Å². The number of benzene rings is 1. The van der Waals surface area contributed by atoms with Gasteiger partial charge in [-0.3, -0.25) is 9.59 Å². The summed E-state index contributed by atoms with van der Waals surface area (Å²) in [5, 5.41) is 1.89. The molecule has 2 aromatic rings. The second-order valence-corrected chi connectivity index (χ2v) is 7.39. The molecule has 0 N–H and O–H groups in total. The fourth-order valence-electron chi connectivity index (χ4n) is 3.01. The number of methoxy groups -OCH3 is 1. The van der Waals surface area contributed by atoms with Gasteiger partial charge >= 0.3 is 0 Å². The first-order valence-corrected chi connectivity index (χ1v) is 10.2. The predicted molar refractivity (Wildman–Crippen MR) is 115 cm³/mol. The molecule has 2 heterocycles. The molecule has 0 saturated carbocycles. The zero-order chi connectivity index (χ0) is 20.6. The van der Waals surface area contributed by atoms with Crippen molar-refractivity contribution >= 4 is 29.2 Å². The minimum Gasteiger partial charge on any atom is -0.493 e. The lowest BCUT2D eigenvalue weighted by molar-refractivity contribution is -0.127. The Bertz CT molecular complexity index is 884. The first-order valence-electron chi connectivity index (χ1n) is 9.34. The molecule has 152 valence electrons. The highest BCUT2D eigenvalue weighted by Gasteiger charge is 2.24. The maximum Gasteiger partial charge on any atom is 0.264 e. The normalized spacial score (nSPS) is 14.1. The molecule has 0 aliphatic carbocycles. The summed E-state index contributed by atoms with van der Waals surface area (Å²) in [5.74, 6) is 1.19. The molecule has 0 unspecified atom stereocenters. The number of rotatable bonds is 7. The summed E-state index contributed by atoms with van der Waals surface area (Å²) in [6, 6.07) is 9.19. The molecule has 2 amide bonds. The number of hydrogen-bond acceptors (Lipinski definition) is 5. The van der Waals surface area contributed by atoms with Gasteiger partial charge in [-0.2, -0.15) is 0 Å². The molecule has 0 bridgehead atoms.